The summed E-state index contributed by atoms with van der Waals surface area (Å²) in [5.74, 6) is 0.0734. The Morgan fingerprint density at radius 1 is 1.21 bits per heavy atom. The molecule has 1 N–H and O–H groups in total. The van der Waals surface area contributed by atoms with Crippen LogP contribution in [0, 0.1) is 0 Å². The highest BCUT2D eigenvalue weighted by atomic mass is 16.5. The number of rotatable bonds is 5. The van der Waals surface area contributed by atoms with Crippen molar-refractivity contribution in [2.75, 3.05) is 6.61 Å². The van der Waals surface area contributed by atoms with Gasteiger partial charge in [0.2, 0.25) is 0 Å². The SMILES string of the molecule is CCOC(=O)c1ccc(/C=C/c2cc3c(cc2CO)C(C)CC(=O)C3(C)C)cc1. The largest absolute Gasteiger partial charge is 0.462 e. The van der Waals surface area contributed by atoms with Crippen LogP contribution in [0.1, 0.15) is 78.2 Å². The first-order chi connectivity index (χ1) is 13.8. The number of esters is 1. The van der Waals surface area contributed by atoms with Crippen molar-refractivity contribution in [3.8, 4) is 0 Å². The van der Waals surface area contributed by atoms with Crippen molar-refractivity contribution in [2.24, 2.45) is 0 Å². The summed E-state index contributed by atoms with van der Waals surface area (Å²) < 4.78 is 5.00. The van der Waals surface area contributed by atoms with E-state index in [1.54, 1.807) is 19.1 Å². The van der Waals surface area contributed by atoms with Crippen LogP contribution in [0.15, 0.2) is 36.4 Å². The molecule has 0 fully saturated rings. The van der Waals surface area contributed by atoms with Crippen LogP contribution in [-0.4, -0.2) is 23.5 Å². The molecule has 0 radical (unpaired) electrons. The van der Waals surface area contributed by atoms with Gasteiger partial charge in [-0.25, -0.2) is 4.79 Å². The van der Waals surface area contributed by atoms with E-state index in [1.165, 1.54) is 0 Å². The minimum absolute atomic E-state index is 0.0597. The van der Waals surface area contributed by atoms with Crippen molar-refractivity contribution in [3.63, 3.8) is 0 Å². The maximum absolute atomic E-state index is 12.6. The highest BCUT2D eigenvalue weighted by molar-refractivity contribution is 5.93. The number of aliphatic hydroxyl groups is 1. The molecule has 0 aliphatic heterocycles. The van der Waals surface area contributed by atoms with E-state index in [4.69, 9.17) is 4.74 Å². The Balaban J connectivity index is 1.94. The van der Waals surface area contributed by atoms with Crippen molar-refractivity contribution < 1.29 is 19.4 Å². The molecule has 0 heterocycles. The molecule has 2 aromatic rings. The lowest BCUT2D eigenvalue weighted by atomic mass is 9.67. The second-order valence-corrected chi connectivity index (χ2v) is 8.13. The summed E-state index contributed by atoms with van der Waals surface area (Å²) in [6.07, 6.45) is 4.43. The number of hydrogen-bond acceptors (Lipinski definition) is 4. The number of ether oxygens (including phenoxy) is 1. The summed E-state index contributed by atoms with van der Waals surface area (Å²) in [6.45, 7) is 8.08. The molecule has 0 aromatic heterocycles. The molecule has 0 saturated heterocycles. The molecule has 0 bridgehead atoms. The summed E-state index contributed by atoms with van der Waals surface area (Å²) in [5, 5.41) is 9.88. The molecule has 4 heteroatoms. The fourth-order valence-corrected chi connectivity index (χ4v) is 3.85. The summed E-state index contributed by atoms with van der Waals surface area (Å²) in [7, 11) is 0. The zero-order valence-corrected chi connectivity index (χ0v) is 17.5. The van der Waals surface area contributed by atoms with Gasteiger partial charge < -0.3 is 9.84 Å². The fourth-order valence-electron chi connectivity index (χ4n) is 3.85. The van der Waals surface area contributed by atoms with E-state index < -0.39 is 5.41 Å². The van der Waals surface area contributed by atoms with Gasteiger partial charge in [-0.05, 0) is 66.6 Å². The lowest BCUT2D eigenvalue weighted by Gasteiger charge is -2.35. The Morgan fingerprint density at radius 3 is 2.52 bits per heavy atom. The van der Waals surface area contributed by atoms with Crippen molar-refractivity contribution in [3.05, 3.63) is 69.8 Å². The second kappa shape index (κ2) is 8.34. The smallest absolute Gasteiger partial charge is 0.338 e. The van der Waals surface area contributed by atoms with Gasteiger partial charge in [0, 0.05) is 11.8 Å². The minimum Gasteiger partial charge on any atom is -0.462 e. The molecule has 2 aromatic carbocycles. The van der Waals surface area contributed by atoms with E-state index in [9.17, 15) is 14.7 Å². The van der Waals surface area contributed by atoms with Crippen molar-refractivity contribution in [2.45, 2.75) is 52.1 Å². The molecule has 3 rings (SSSR count). The van der Waals surface area contributed by atoms with Gasteiger partial charge in [0.1, 0.15) is 5.78 Å². The van der Waals surface area contributed by atoms with Crippen molar-refractivity contribution in [1.82, 2.24) is 0 Å². The third-order valence-electron chi connectivity index (χ3n) is 5.75. The van der Waals surface area contributed by atoms with Crippen LogP contribution in [0.3, 0.4) is 0 Å². The minimum atomic E-state index is -0.528. The molecule has 1 unspecified atom stereocenters. The average molecular weight is 392 g/mol. The fraction of sp³-hybridized carbons (Fsp3) is 0.360. The van der Waals surface area contributed by atoms with Gasteiger partial charge in [-0.3, -0.25) is 4.79 Å². The summed E-state index contributed by atoms with van der Waals surface area (Å²) in [5.41, 5.74) is 4.85. The first kappa shape index (κ1) is 21.0. The molecule has 1 atom stereocenters. The normalized spacial score (nSPS) is 18.0. The highest BCUT2D eigenvalue weighted by Gasteiger charge is 2.38. The van der Waals surface area contributed by atoms with Gasteiger partial charge in [-0.2, -0.15) is 0 Å². The monoisotopic (exact) mass is 392 g/mol. The van der Waals surface area contributed by atoms with Gasteiger partial charge in [0.15, 0.2) is 0 Å². The molecule has 4 nitrogen and oxygen atoms in total. The summed E-state index contributed by atoms with van der Waals surface area (Å²) in [4.78, 5) is 24.3. The lowest BCUT2D eigenvalue weighted by molar-refractivity contribution is -0.124. The highest BCUT2D eigenvalue weighted by Crippen LogP contribution is 2.41. The maximum Gasteiger partial charge on any atom is 0.338 e. The van der Waals surface area contributed by atoms with Gasteiger partial charge in [-0.15, -0.1) is 0 Å². The molecule has 0 amide bonds. The molecule has 0 spiro atoms. The van der Waals surface area contributed by atoms with E-state index in [0.717, 1.165) is 27.8 Å². The Hall–Kier alpha value is -2.72. The van der Waals surface area contributed by atoms with Gasteiger partial charge in [0.25, 0.3) is 0 Å². The number of aliphatic hydroxyl groups excluding tert-OH is 1. The number of hydrogen-bond donors (Lipinski definition) is 1. The van der Waals surface area contributed by atoms with Gasteiger partial charge in [0.05, 0.1) is 18.8 Å². The van der Waals surface area contributed by atoms with E-state index in [0.29, 0.717) is 18.6 Å². The molecule has 29 heavy (non-hydrogen) atoms. The predicted octanol–water partition coefficient (Wildman–Crippen LogP) is 4.88. The number of benzene rings is 2. The Morgan fingerprint density at radius 2 is 1.90 bits per heavy atom. The predicted molar refractivity (Wildman–Crippen MR) is 115 cm³/mol. The van der Waals surface area contributed by atoms with Crippen LogP contribution in [0.25, 0.3) is 12.2 Å². The van der Waals surface area contributed by atoms with Crippen LogP contribution >= 0.6 is 0 Å². The first-order valence-electron chi connectivity index (χ1n) is 10.0. The van der Waals surface area contributed by atoms with E-state index in [-0.39, 0.29) is 24.3 Å². The van der Waals surface area contributed by atoms with Crippen LogP contribution in [0.4, 0.5) is 0 Å². The Labute approximate surface area is 172 Å². The standard InChI is InChI=1S/C25H28O4/c1-5-29-24(28)18-9-6-17(7-10-18)8-11-19-14-22-21(13-20(19)15-26)16(2)12-23(27)25(22,3)4/h6-11,13-14,16,26H,5,12,15H2,1-4H3/b11-8+. The number of carbonyl (C=O) groups excluding carboxylic acids is 2. The molecular formula is C25H28O4. The first-order valence-corrected chi connectivity index (χ1v) is 10.0. The molecule has 1 aliphatic rings. The molecule has 0 saturated carbocycles. The van der Waals surface area contributed by atoms with Crippen LogP contribution in [-0.2, 0) is 21.6 Å². The topological polar surface area (TPSA) is 63.6 Å². The van der Waals surface area contributed by atoms with Crippen LogP contribution in [0.5, 0.6) is 0 Å². The van der Waals surface area contributed by atoms with Crippen molar-refractivity contribution >= 4 is 23.9 Å². The molecule has 1 aliphatic carbocycles. The zero-order valence-electron chi connectivity index (χ0n) is 17.5. The number of carbonyl (C=O) groups is 2. The summed E-state index contributed by atoms with van der Waals surface area (Å²) >= 11 is 0. The molecule has 152 valence electrons. The molecular weight excluding hydrogens is 364 g/mol. The van der Waals surface area contributed by atoms with E-state index in [2.05, 4.69) is 6.92 Å². The van der Waals surface area contributed by atoms with Crippen LogP contribution in [0.2, 0.25) is 0 Å². The van der Waals surface area contributed by atoms with Gasteiger partial charge >= 0.3 is 5.97 Å². The van der Waals surface area contributed by atoms with Crippen LogP contribution < -0.4 is 0 Å². The average Bonchev–Trinajstić information content (AvgIpc) is 2.71. The number of ketones is 1. The second-order valence-electron chi connectivity index (χ2n) is 8.13. The van der Waals surface area contributed by atoms with E-state index in [1.807, 2.05) is 50.3 Å². The quantitative estimate of drug-likeness (QED) is 0.582. The number of fused-ring (bicyclic) bond motifs is 1. The van der Waals surface area contributed by atoms with Gasteiger partial charge in [-0.1, -0.05) is 43.3 Å². The third kappa shape index (κ3) is 4.18. The third-order valence-corrected chi connectivity index (χ3v) is 5.75. The van der Waals surface area contributed by atoms with Crippen molar-refractivity contribution in [1.29, 1.82) is 0 Å². The zero-order chi connectivity index (χ0) is 21.2. The Bertz CT molecular complexity index is 952. The lowest BCUT2D eigenvalue weighted by Crippen LogP contribution is -2.35. The number of Topliss-reactive ketones (excluding diaryl/α,β-unsaturated/α-hetero) is 1. The Kier molecular flexibility index (Phi) is 6.04. The summed E-state index contributed by atoms with van der Waals surface area (Å²) in [6, 6.07) is 11.3. The van der Waals surface area contributed by atoms with E-state index >= 15 is 0 Å². The maximum atomic E-state index is 12.6.